The number of nitrogens with one attached hydrogen (secondary N) is 1. The van der Waals surface area contributed by atoms with Gasteiger partial charge < -0.3 is 10.4 Å². The molecular formula is C12H23ClN2O3. The van der Waals surface area contributed by atoms with Crippen LogP contribution in [0.1, 0.15) is 32.6 Å². The first-order valence-electron chi connectivity index (χ1n) is 6.32. The number of halogens is 1. The highest BCUT2D eigenvalue weighted by molar-refractivity contribution is 5.85. The Kier molecular flexibility index (Phi) is 8.75. The van der Waals surface area contributed by atoms with Crippen molar-refractivity contribution in [3.63, 3.8) is 0 Å². The molecule has 0 radical (unpaired) electrons. The van der Waals surface area contributed by atoms with Gasteiger partial charge in [0.05, 0.1) is 13.1 Å². The summed E-state index contributed by atoms with van der Waals surface area (Å²) in [6.45, 7) is 3.48. The van der Waals surface area contributed by atoms with E-state index in [-0.39, 0.29) is 31.4 Å². The second kappa shape index (κ2) is 9.16. The average molecular weight is 279 g/mol. The molecule has 0 aromatic heterocycles. The number of hydrogen-bond acceptors (Lipinski definition) is 3. The van der Waals surface area contributed by atoms with E-state index in [9.17, 15) is 9.59 Å². The Hall–Kier alpha value is -0.810. The molecule has 2 N–H and O–H groups in total. The minimum absolute atomic E-state index is 0. The van der Waals surface area contributed by atoms with Gasteiger partial charge in [0, 0.05) is 6.54 Å². The lowest BCUT2D eigenvalue weighted by Gasteiger charge is -2.26. The Labute approximate surface area is 114 Å². The summed E-state index contributed by atoms with van der Waals surface area (Å²) in [4.78, 5) is 23.9. The van der Waals surface area contributed by atoms with Crippen LogP contribution in [0.25, 0.3) is 0 Å². The predicted molar refractivity (Wildman–Crippen MR) is 72.0 cm³/mol. The maximum atomic E-state index is 11.6. The van der Waals surface area contributed by atoms with E-state index in [1.54, 1.807) is 4.90 Å². The Morgan fingerprint density at radius 3 is 2.44 bits per heavy atom. The molecule has 0 aliphatic heterocycles. The van der Waals surface area contributed by atoms with Crippen LogP contribution in [0, 0.1) is 5.92 Å². The Bertz CT molecular complexity index is 270. The van der Waals surface area contributed by atoms with Crippen LogP contribution in [0.4, 0.5) is 0 Å². The summed E-state index contributed by atoms with van der Waals surface area (Å²) in [6, 6.07) is 0. The van der Waals surface area contributed by atoms with Crippen molar-refractivity contribution >= 4 is 24.3 Å². The normalized spacial score (nSPS) is 14.8. The van der Waals surface area contributed by atoms with Crippen molar-refractivity contribution in [2.75, 3.05) is 26.2 Å². The summed E-state index contributed by atoms with van der Waals surface area (Å²) in [7, 11) is 0. The molecular weight excluding hydrogens is 256 g/mol. The first-order chi connectivity index (χ1) is 8.11. The van der Waals surface area contributed by atoms with Crippen molar-refractivity contribution < 1.29 is 14.7 Å². The van der Waals surface area contributed by atoms with Crippen molar-refractivity contribution in [2.24, 2.45) is 5.92 Å². The van der Waals surface area contributed by atoms with Crippen LogP contribution in [0.5, 0.6) is 0 Å². The second-order valence-corrected chi connectivity index (χ2v) is 4.71. The average Bonchev–Trinajstić information content (AvgIpc) is 2.14. The molecule has 0 spiro atoms. The van der Waals surface area contributed by atoms with Crippen LogP contribution in [0.15, 0.2) is 0 Å². The van der Waals surface area contributed by atoms with E-state index < -0.39 is 5.97 Å². The van der Waals surface area contributed by atoms with Crippen molar-refractivity contribution in [3.05, 3.63) is 0 Å². The molecule has 0 bridgehead atoms. The van der Waals surface area contributed by atoms with E-state index in [1.807, 2.05) is 6.92 Å². The van der Waals surface area contributed by atoms with E-state index in [4.69, 9.17) is 5.11 Å². The molecule has 1 rings (SSSR count). The van der Waals surface area contributed by atoms with Gasteiger partial charge in [0.15, 0.2) is 0 Å². The number of carboxylic acid groups (broad SMARTS) is 1. The third-order valence-corrected chi connectivity index (χ3v) is 3.08. The van der Waals surface area contributed by atoms with Crippen LogP contribution >= 0.6 is 12.4 Å². The third-order valence-electron chi connectivity index (χ3n) is 3.08. The molecule has 0 unspecified atom stereocenters. The Morgan fingerprint density at radius 1 is 1.33 bits per heavy atom. The first kappa shape index (κ1) is 17.2. The van der Waals surface area contributed by atoms with Gasteiger partial charge in [-0.3, -0.25) is 14.5 Å². The molecule has 0 saturated heterocycles. The largest absolute Gasteiger partial charge is 0.480 e. The zero-order valence-electron chi connectivity index (χ0n) is 10.9. The van der Waals surface area contributed by atoms with Gasteiger partial charge in [-0.2, -0.15) is 0 Å². The number of amides is 1. The fourth-order valence-corrected chi connectivity index (χ4v) is 1.94. The number of carbonyl (C=O) groups is 2. The van der Waals surface area contributed by atoms with Gasteiger partial charge >= 0.3 is 5.97 Å². The van der Waals surface area contributed by atoms with E-state index in [1.165, 1.54) is 19.3 Å². The molecule has 1 fully saturated rings. The van der Waals surface area contributed by atoms with Crippen LogP contribution in [0.3, 0.4) is 0 Å². The monoisotopic (exact) mass is 278 g/mol. The second-order valence-electron chi connectivity index (χ2n) is 4.71. The van der Waals surface area contributed by atoms with Gasteiger partial charge in [-0.15, -0.1) is 12.4 Å². The summed E-state index contributed by atoms with van der Waals surface area (Å²) in [5.74, 6) is -0.310. The summed E-state index contributed by atoms with van der Waals surface area (Å²) in [6.07, 6.45) is 4.52. The minimum atomic E-state index is -0.884. The number of aliphatic carboxylic acids is 1. The molecule has 6 heteroatoms. The molecule has 0 heterocycles. The zero-order chi connectivity index (χ0) is 12.7. The van der Waals surface area contributed by atoms with Crippen molar-refractivity contribution in [2.45, 2.75) is 32.6 Å². The van der Waals surface area contributed by atoms with Gasteiger partial charge in [0.25, 0.3) is 0 Å². The third kappa shape index (κ3) is 6.81. The van der Waals surface area contributed by atoms with E-state index in [0.29, 0.717) is 12.5 Å². The van der Waals surface area contributed by atoms with Gasteiger partial charge in [-0.05, 0) is 31.7 Å². The minimum Gasteiger partial charge on any atom is -0.480 e. The maximum Gasteiger partial charge on any atom is 0.317 e. The molecule has 1 aliphatic carbocycles. The Morgan fingerprint density at radius 2 is 2.00 bits per heavy atom. The van der Waals surface area contributed by atoms with Crippen LogP contribution < -0.4 is 5.32 Å². The highest BCUT2D eigenvalue weighted by Gasteiger charge is 2.19. The number of nitrogens with zero attached hydrogens (tertiary/aromatic N) is 1. The van der Waals surface area contributed by atoms with Crippen molar-refractivity contribution in [1.82, 2.24) is 10.2 Å². The number of carbonyl (C=O) groups excluding carboxylic acids is 1. The fraction of sp³-hybridized carbons (Fsp3) is 0.833. The molecule has 1 aliphatic rings. The molecule has 1 amide bonds. The highest BCUT2D eigenvalue weighted by Crippen LogP contribution is 2.24. The standard InChI is InChI=1S/C12H22N2O3.ClH/c1-2-6-14(9-12(16)17)8-11(15)13-7-10-4-3-5-10;/h10H,2-9H2,1H3,(H,13,15)(H,16,17);1H. The quantitative estimate of drug-likeness (QED) is 0.698. The molecule has 106 valence electrons. The Balaban J connectivity index is 0.00000289. The summed E-state index contributed by atoms with van der Waals surface area (Å²) in [5.41, 5.74) is 0. The van der Waals surface area contributed by atoms with Crippen molar-refractivity contribution in [1.29, 1.82) is 0 Å². The van der Waals surface area contributed by atoms with Crippen LogP contribution in [-0.4, -0.2) is 48.1 Å². The zero-order valence-corrected chi connectivity index (χ0v) is 11.7. The molecule has 0 aromatic rings. The lowest BCUT2D eigenvalue weighted by Crippen LogP contribution is -2.42. The number of hydrogen-bond donors (Lipinski definition) is 2. The van der Waals surface area contributed by atoms with Gasteiger partial charge in [0.1, 0.15) is 0 Å². The van der Waals surface area contributed by atoms with E-state index in [0.717, 1.165) is 13.0 Å². The number of rotatable bonds is 8. The first-order valence-corrected chi connectivity index (χ1v) is 6.32. The van der Waals surface area contributed by atoms with Gasteiger partial charge in [-0.1, -0.05) is 13.3 Å². The predicted octanol–water partition coefficient (Wildman–Crippen LogP) is 1.12. The smallest absolute Gasteiger partial charge is 0.317 e. The highest BCUT2D eigenvalue weighted by atomic mass is 35.5. The summed E-state index contributed by atoms with van der Waals surface area (Å²) >= 11 is 0. The molecule has 0 atom stereocenters. The molecule has 5 nitrogen and oxygen atoms in total. The van der Waals surface area contributed by atoms with Crippen LogP contribution in [-0.2, 0) is 9.59 Å². The lowest BCUT2D eigenvalue weighted by molar-refractivity contribution is -0.138. The fourth-order valence-electron chi connectivity index (χ4n) is 1.94. The topological polar surface area (TPSA) is 69.6 Å². The molecule has 1 saturated carbocycles. The van der Waals surface area contributed by atoms with E-state index in [2.05, 4.69) is 5.32 Å². The van der Waals surface area contributed by atoms with Gasteiger partial charge in [0.2, 0.25) is 5.91 Å². The van der Waals surface area contributed by atoms with Crippen LogP contribution in [0.2, 0.25) is 0 Å². The number of carboxylic acids is 1. The van der Waals surface area contributed by atoms with Gasteiger partial charge in [-0.25, -0.2) is 0 Å². The maximum absolute atomic E-state index is 11.6. The summed E-state index contributed by atoms with van der Waals surface area (Å²) in [5, 5.41) is 11.6. The molecule has 18 heavy (non-hydrogen) atoms. The molecule has 0 aromatic carbocycles. The summed E-state index contributed by atoms with van der Waals surface area (Å²) < 4.78 is 0. The van der Waals surface area contributed by atoms with Crippen molar-refractivity contribution in [3.8, 4) is 0 Å². The lowest BCUT2D eigenvalue weighted by atomic mass is 9.85. The van der Waals surface area contributed by atoms with E-state index >= 15 is 0 Å². The SMILES string of the molecule is CCCN(CC(=O)O)CC(=O)NCC1CCC1.Cl.